The molecule has 1 N–H and O–H groups in total. The second kappa shape index (κ2) is 5.89. The third-order valence-corrected chi connectivity index (χ3v) is 4.02. The minimum Gasteiger partial charge on any atom is -0.378 e. The molecule has 0 saturated heterocycles. The first-order chi connectivity index (χ1) is 9.08. The molecule has 100 valence electrons. The minimum atomic E-state index is -0.0359. The third-order valence-electron chi connectivity index (χ3n) is 2.96. The highest BCUT2D eigenvalue weighted by Gasteiger charge is 2.12. The molecule has 0 bridgehead atoms. The Bertz CT molecular complexity index is 532. The third kappa shape index (κ3) is 3.35. The molecule has 0 aliphatic heterocycles. The van der Waals surface area contributed by atoms with Crippen molar-refractivity contribution in [2.75, 3.05) is 19.0 Å². The predicted octanol–water partition coefficient (Wildman–Crippen LogP) is 3.31. The van der Waals surface area contributed by atoms with Gasteiger partial charge < -0.3 is 10.2 Å². The second-order valence-corrected chi connectivity index (χ2v) is 5.63. The highest BCUT2D eigenvalue weighted by atomic mass is 32.1. The molecule has 0 fully saturated rings. The molecule has 1 heterocycles. The Morgan fingerprint density at radius 3 is 2.42 bits per heavy atom. The average molecular weight is 274 g/mol. The Kier molecular flexibility index (Phi) is 4.22. The molecular weight excluding hydrogens is 256 g/mol. The van der Waals surface area contributed by atoms with Gasteiger partial charge in [-0.15, -0.1) is 11.3 Å². The average Bonchev–Trinajstić information content (AvgIpc) is 2.92. The molecule has 0 aliphatic rings. The van der Waals surface area contributed by atoms with Gasteiger partial charge in [-0.3, -0.25) is 4.79 Å². The first-order valence-corrected chi connectivity index (χ1v) is 7.07. The van der Waals surface area contributed by atoms with Gasteiger partial charge in [0.2, 0.25) is 0 Å². The molecule has 0 saturated carbocycles. The lowest BCUT2D eigenvalue weighted by Crippen LogP contribution is -2.26. The number of anilines is 1. The Labute approximate surface area is 117 Å². The maximum atomic E-state index is 12.1. The van der Waals surface area contributed by atoms with E-state index in [1.807, 2.05) is 67.7 Å². The van der Waals surface area contributed by atoms with Crippen molar-refractivity contribution in [1.29, 1.82) is 0 Å². The first kappa shape index (κ1) is 13.6. The number of hydrogen-bond donors (Lipinski definition) is 1. The molecule has 3 nitrogen and oxygen atoms in total. The molecule has 0 aliphatic carbocycles. The minimum absolute atomic E-state index is 0.0359. The maximum absolute atomic E-state index is 12.1. The van der Waals surface area contributed by atoms with Crippen molar-refractivity contribution in [3.05, 3.63) is 52.2 Å². The zero-order valence-electron chi connectivity index (χ0n) is 11.4. The molecule has 1 aromatic carbocycles. The highest BCUT2D eigenvalue weighted by molar-refractivity contribution is 7.10. The fourth-order valence-corrected chi connectivity index (χ4v) is 2.53. The molecule has 1 atom stereocenters. The van der Waals surface area contributed by atoms with Gasteiger partial charge in [0, 0.05) is 30.2 Å². The van der Waals surface area contributed by atoms with Crippen LogP contribution in [0.4, 0.5) is 5.69 Å². The summed E-state index contributed by atoms with van der Waals surface area (Å²) in [6.45, 7) is 2.00. The van der Waals surface area contributed by atoms with Crippen LogP contribution in [0.25, 0.3) is 0 Å². The number of benzene rings is 1. The van der Waals surface area contributed by atoms with Gasteiger partial charge in [-0.2, -0.15) is 0 Å². The molecule has 19 heavy (non-hydrogen) atoms. The number of nitrogens with zero attached hydrogens (tertiary/aromatic N) is 1. The fraction of sp³-hybridized carbons (Fsp3) is 0.267. The van der Waals surface area contributed by atoms with Crippen LogP contribution in [0.3, 0.4) is 0 Å². The first-order valence-electron chi connectivity index (χ1n) is 6.19. The molecule has 1 aromatic heterocycles. The Morgan fingerprint density at radius 1 is 1.21 bits per heavy atom. The monoisotopic (exact) mass is 274 g/mol. The summed E-state index contributed by atoms with van der Waals surface area (Å²) in [6, 6.07) is 11.7. The summed E-state index contributed by atoms with van der Waals surface area (Å²) in [5.74, 6) is -0.0359. The smallest absolute Gasteiger partial charge is 0.251 e. The van der Waals surface area contributed by atoms with E-state index in [1.165, 1.54) is 4.88 Å². The number of nitrogens with one attached hydrogen (secondary N) is 1. The van der Waals surface area contributed by atoms with Crippen molar-refractivity contribution in [2.45, 2.75) is 13.0 Å². The predicted molar refractivity (Wildman–Crippen MR) is 81.0 cm³/mol. The molecule has 0 spiro atoms. The van der Waals surface area contributed by atoms with E-state index in [1.54, 1.807) is 11.3 Å². The van der Waals surface area contributed by atoms with Gasteiger partial charge in [0.05, 0.1) is 6.04 Å². The standard InChI is InChI=1S/C15H18N2OS/c1-11(14-5-4-10-19-14)16-15(18)12-6-8-13(9-7-12)17(2)3/h4-11H,1-3H3,(H,16,18)/t11-/m1/s1. The summed E-state index contributed by atoms with van der Waals surface area (Å²) in [6.07, 6.45) is 0. The van der Waals surface area contributed by atoms with Crippen molar-refractivity contribution >= 4 is 22.9 Å². The molecule has 2 aromatic rings. The van der Waals surface area contributed by atoms with Crippen LogP contribution in [0, 0.1) is 0 Å². The van der Waals surface area contributed by atoms with Crippen LogP contribution in [0.15, 0.2) is 41.8 Å². The van der Waals surface area contributed by atoms with E-state index >= 15 is 0 Å². The molecule has 2 rings (SSSR count). The summed E-state index contributed by atoms with van der Waals surface area (Å²) in [4.78, 5) is 15.3. The van der Waals surface area contributed by atoms with Crippen LogP contribution in [0.2, 0.25) is 0 Å². The topological polar surface area (TPSA) is 32.3 Å². The van der Waals surface area contributed by atoms with E-state index < -0.39 is 0 Å². The number of thiophene rings is 1. The second-order valence-electron chi connectivity index (χ2n) is 4.65. The van der Waals surface area contributed by atoms with Crippen LogP contribution in [-0.4, -0.2) is 20.0 Å². The summed E-state index contributed by atoms with van der Waals surface area (Å²) in [5.41, 5.74) is 1.77. The van der Waals surface area contributed by atoms with Crippen molar-refractivity contribution in [3.63, 3.8) is 0 Å². The van der Waals surface area contributed by atoms with E-state index in [4.69, 9.17) is 0 Å². The molecule has 0 radical (unpaired) electrons. The van der Waals surface area contributed by atoms with Crippen LogP contribution in [0.5, 0.6) is 0 Å². The number of hydrogen-bond acceptors (Lipinski definition) is 3. The van der Waals surface area contributed by atoms with Crippen molar-refractivity contribution in [1.82, 2.24) is 5.32 Å². The van der Waals surface area contributed by atoms with Crippen LogP contribution >= 0.6 is 11.3 Å². The molecule has 1 amide bonds. The van der Waals surface area contributed by atoms with Gasteiger partial charge in [0.15, 0.2) is 0 Å². The van der Waals surface area contributed by atoms with Gasteiger partial charge in [-0.25, -0.2) is 0 Å². The van der Waals surface area contributed by atoms with Gasteiger partial charge >= 0.3 is 0 Å². The SMILES string of the molecule is C[C@@H](NC(=O)c1ccc(N(C)C)cc1)c1cccs1. The zero-order chi connectivity index (χ0) is 13.8. The molecule has 0 unspecified atom stereocenters. The number of rotatable bonds is 4. The van der Waals surface area contributed by atoms with Crippen LogP contribution in [0.1, 0.15) is 28.2 Å². The van der Waals surface area contributed by atoms with Crippen molar-refractivity contribution < 1.29 is 4.79 Å². The van der Waals surface area contributed by atoms with E-state index in [2.05, 4.69) is 5.32 Å². The van der Waals surface area contributed by atoms with Gasteiger partial charge in [-0.05, 0) is 42.6 Å². The summed E-state index contributed by atoms with van der Waals surface area (Å²) < 4.78 is 0. The lowest BCUT2D eigenvalue weighted by atomic mass is 10.1. The normalized spacial score (nSPS) is 11.9. The lowest BCUT2D eigenvalue weighted by molar-refractivity contribution is 0.0940. The van der Waals surface area contributed by atoms with E-state index in [0.29, 0.717) is 5.56 Å². The van der Waals surface area contributed by atoms with Crippen LogP contribution in [-0.2, 0) is 0 Å². The number of carbonyl (C=O) groups is 1. The Hall–Kier alpha value is -1.81. The van der Waals surface area contributed by atoms with E-state index in [0.717, 1.165) is 5.69 Å². The van der Waals surface area contributed by atoms with E-state index in [9.17, 15) is 4.79 Å². The summed E-state index contributed by atoms with van der Waals surface area (Å²) >= 11 is 1.65. The zero-order valence-corrected chi connectivity index (χ0v) is 12.2. The van der Waals surface area contributed by atoms with Crippen molar-refractivity contribution in [2.24, 2.45) is 0 Å². The van der Waals surface area contributed by atoms with E-state index in [-0.39, 0.29) is 11.9 Å². The van der Waals surface area contributed by atoms with Gasteiger partial charge in [0.25, 0.3) is 5.91 Å². The van der Waals surface area contributed by atoms with Crippen molar-refractivity contribution in [3.8, 4) is 0 Å². The Balaban J connectivity index is 2.03. The summed E-state index contributed by atoms with van der Waals surface area (Å²) in [5, 5.41) is 5.02. The van der Waals surface area contributed by atoms with Crippen LogP contribution < -0.4 is 10.2 Å². The number of carbonyl (C=O) groups excluding carboxylic acids is 1. The van der Waals surface area contributed by atoms with Gasteiger partial charge in [-0.1, -0.05) is 6.07 Å². The lowest BCUT2D eigenvalue weighted by Gasteiger charge is -2.14. The highest BCUT2D eigenvalue weighted by Crippen LogP contribution is 2.19. The maximum Gasteiger partial charge on any atom is 0.251 e. The quantitative estimate of drug-likeness (QED) is 0.927. The fourth-order valence-electron chi connectivity index (χ4n) is 1.80. The summed E-state index contributed by atoms with van der Waals surface area (Å²) in [7, 11) is 3.96. The van der Waals surface area contributed by atoms with Gasteiger partial charge in [0.1, 0.15) is 0 Å². The Morgan fingerprint density at radius 2 is 1.89 bits per heavy atom. The largest absolute Gasteiger partial charge is 0.378 e. The number of amides is 1. The molecular formula is C15H18N2OS. The molecule has 4 heteroatoms.